The molecule has 0 radical (unpaired) electrons. The third-order valence-corrected chi connectivity index (χ3v) is 3.93. The number of carbonyl (C=O) groups is 2. The number of rotatable bonds is 4. The van der Waals surface area contributed by atoms with Crippen LogP contribution in [0.3, 0.4) is 0 Å². The van der Waals surface area contributed by atoms with Crippen molar-refractivity contribution in [2.45, 2.75) is 51.5 Å². The molecule has 2 rings (SSSR count). The summed E-state index contributed by atoms with van der Waals surface area (Å²) >= 11 is 0. The molecule has 0 spiro atoms. The van der Waals surface area contributed by atoms with Crippen LogP contribution in [0.4, 0.5) is 0 Å². The number of hydrogen-bond donors (Lipinski definition) is 0. The fourth-order valence-electron chi connectivity index (χ4n) is 2.92. The Morgan fingerprint density at radius 2 is 2.16 bits per heavy atom. The highest BCUT2D eigenvalue weighted by atomic mass is 16.5. The predicted molar refractivity (Wildman–Crippen MR) is 72.5 cm³/mol. The highest BCUT2D eigenvalue weighted by Gasteiger charge is 2.33. The van der Waals surface area contributed by atoms with Gasteiger partial charge in [-0.25, -0.2) is 4.79 Å². The largest absolute Gasteiger partial charge is 0.464 e. The van der Waals surface area contributed by atoms with Gasteiger partial charge in [0.1, 0.15) is 6.04 Å². The van der Waals surface area contributed by atoms with E-state index in [4.69, 9.17) is 4.74 Å². The first kappa shape index (κ1) is 14.1. The van der Waals surface area contributed by atoms with Gasteiger partial charge in [0.05, 0.1) is 6.61 Å². The molecular weight excluding hydrogens is 242 g/mol. The second-order valence-corrected chi connectivity index (χ2v) is 5.32. The summed E-state index contributed by atoms with van der Waals surface area (Å²) in [5.41, 5.74) is 0. The SMILES string of the molecule is CCOC(=O)C1CCCCN1C(=O)CC1C=CCC1. The van der Waals surface area contributed by atoms with Crippen LogP contribution in [0, 0.1) is 5.92 Å². The van der Waals surface area contributed by atoms with Crippen LogP contribution in [0.2, 0.25) is 0 Å². The fraction of sp³-hybridized carbons (Fsp3) is 0.733. The number of ether oxygens (including phenoxy) is 1. The molecule has 1 saturated heterocycles. The molecule has 4 nitrogen and oxygen atoms in total. The lowest BCUT2D eigenvalue weighted by molar-refractivity contribution is -0.156. The van der Waals surface area contributed by atoms with Crippen molar-refractivity contribution in [1.82, 2.24) is 4.90 Å². The Hall–Kier alpha value is -1.32. The summed E-state index contributed by atoms with van der Waals surface area (Å²) in [5, 5.41) is 0. The molecule has 1 amide bonds. The van der Waals surface area contributed by atoms with Gasteiger partial charge in [-0.05, 0) is 44.9 Å². The Bertz CT molecular complexity index is 364. The quantitative estimate of drug-likeness (QED) is 0.579. The summed E-state index contributed by atoms with van der Waals surface area (Å²) in [6.07, 6.45) is 9.65. The molecule has 1 fully saturated rings. The van der Waals surface area contributed by atoms with Crippen molar-refractivity contribution in [1.29, 1.82) is 0 Å². The van der Waals surface area contributed by atoms with Crippen LogP contribution in [-0.4, -0.2) is 36.0 Å². The van der Waals surface area contributed by atoms with Crippen LogP contribution >= 0.6 is 0 Å². The summed E-state index contributed by atoms with van der Waals surface area (Å²) in [6, 6.07) is -0.355. The summed E-state index contributed by atoms with van der Waals surface area (Å²) in [5.74, 6) is 0.226. The van der Waals surface area contributed by atoms with Crippen LogP contribution in [-0.2, 0) is 14.3 Å². The van der Waals surface area contributed by atoms with Gasteiger partial charge in [0.15, 0.2) is 0 Å². The molecule has 0 aromatic rings. The molecule has 2 atom stereocenters. The predicted octanol–water partition coefficient (Wildman–Crippen LogP) is 2.29. The van der Waals surface area contributed by atoms with Crippen molar-refractivity contribution in [3.63, 3.8) is 0 Å². The molecule has 106 valence electrons. The third-order valence-electron chi connectivity index (χ3n) is 3.93. The first-order valence-electron chi connectivity index (χ1n) is 7.35. The van der Waals surface area contributed by atoms with Crippen molar-refractivity contribution in [3.05, 3.63) is 12.2 Å². The molecule has 1 heterocycles. The van der Waals surface area contributed by atoms with Crippen LogP contribution < -0.4 is 0 Å². The molecule has 0 bridgehead atoms. The number of esters is 1. The second kappa shape index (κ2) is 6.73. The molecule has 1 aliphatic heterocycles. The van der Waals surface area contributed by atoms with E-state index in [2.05, 4.69) is 12.2 Å². The molecule has 0 aromatic carbocycles. The minimum Gasteiger partial charge on any atom is -0.464 e. The zero-order valence-corrected chi connectivity index (χ0v) is 11.6. The van der Waals surface area contributed by atoms with E-state index in [1.54, 1.807) is 11.8 Å². The van der Waals surface area contributed by atoms with E-state index in [1.807, 2.05) is 0 Å². The van der Waals surface area contributed by atoms with Crippen LogP contribution in [0.1, 0.15) is 45.4 Å². The van der Waals surface area contributed by atoms with Crippen LogP contribution in [0.25, 0.3) is 0 Å². The molecule has 2 unspecified atom stereocenters. The number of nitrogens with zero attached hydrogens (tertiary/aromatic N) is 1. The van der Waals surface area contributed by atoms with Gasteiger partial charge in [-0.2, -0.15) is 0 Å². The highest BCUT2D eigenvalue weighted by molar-refractivity contribution is 5.85. The van der Waals surface area contributed by atoms with E-state index in [1.165, 1.54) is 0 Å². The van der Waals surface area contributed by atoms with Crippen molar-refractivity contribution in [2.75, 3.05) is 13.2 Å². The standard InChI is InChI=1S/C15H23NO3/c1-2-19-15(18)13-9-5-6-10-16(13)14(17)11-12-7-3-4-8-12/h3,7,12-13H,2,4-6,8-11H2,1H3. The lowest BCUT2D eigenvalue weighted by atomic mass is 9.99. The summed E-state index contributed by atoms with van der Waals surface area (Å²) in [6.45, 7) is 2.87. The van der Waals surface area contributed by atoms with E-state index in [0.717, 1.165) is 32.1 Å². The number of piperidine rings is 1. The van der Waals surface area contributed by atoms with Gasteiger partial charge in [-0.3, -0.25) is 4.79 Å². The van der Waals surface area contributed by atoms with Gasteiger partial charge < -0.3 is 9.64 Å². The normalized spacial score (nSPS) is 26.5. The fourth-order valence-corrected chi connectivity index (χ4v) is 2.92. The van der Waals surface area contributed by atoms with Gasteiger partial charge in [0.25, 0.3) is 0 Å². The van der Waals surface area contributed by atoms with E-state index in [-0.39, 0.29) is 17.9 Å². The van der Waals surface area contributed by atoms with Gasteiger partial charge >= 0.3 is 5.97 Å². The minimum atomic E-state index is -0.355. The topological polar surface area (TPSA) is 46.6 Å². The molecule has 0 aromatic heterocycles. The molecule has 1 aliphatic carbocycles. The number of carbonyl (C=O) groups excluding carboxylic acids is 2. The molecule has 0 N–H and O–H groups in total. The van der Waals surface area contributed by atoms with E-state index >= 15 is 0 Å². The zero-order valence-electron chi connectivity index (χ0n) is 11.6. The van der Waals surface area contributed by atoms with Crippen LogP contribution in [0.5, 0.6) is 0 Å². The average Bonchev–Trinajstić information content (AvgIpc) is 2.92. The Morgan fingerprint density at radius 3 is 2.84 bits per heavy atom. The van der Waals surface area contributed by atoms with Crippen molar-refractivity contribution in [2.24, 2.45) is 5.92 Å². The monoisotopic (exact) mass is 265 g/mol. The first-order valence-corrected chi connectivity index (χ1v) is 7.35. The molecule has 19 heavy (non-hydrogen) atoms. The highest BCUT2D eigenvalue weighted by Crippen LogP contribution is 2.24. The Morgan fingerprint density at radius 1 is 1.32 bits per heavy atom. The molecule has 2 aliphatic rings. The van der Waals surface area contributed by atoms with Gasteiger partial charge in [0, 0.05) is 13.0 Å². The van der Waals surface area contributed by atoms with Gasteiger partial charge in [-0.1, -0.05) is 12.2 Å². The van der Waals surface area contributed by atoms with E-state index < -0.39 is 0 Å². The Balaban J connectivity index is 1.95. The van der Waals surface area contributed by atoms with E-state index in [9.17, 15) is 9.59 Å². The first-order chi connectivity index (χ1) is 9.22. The lowest BCUT2D eigenvalue weighted by Gasteiger charge is -2.34. The number of likely N-dealkylation sites (tertiary alicyclic amines) is 1. The average molecular weight is 265 g/mol. The Labute approximate surface area is 114 Å². The smallest absolute Gasteiger partial charge is 0.328 e. The number of allylic oxidation sites excluding steroid dienone is 2. The van der Waals surface area contributed by atoms with Crippen molar-refractivity contribution >= 4 is 11.9 Å². The molecule has 0 saturated carbocycles. The van der Waals surface area contributed by atoms with Crippen molar-refractivity contribution < 1.29 is 14.3 Å². The van der Waals surface area contributed by atoms with Gasteiger partial charge in [0.2, 0.25) is 5.91 Å². The summed E-state index contributed by atoms with van der Waals surface area (Å²) < 4.78 is 5.08. The Kier molecular flexibility index (Phi) is 5.00. The second-order valence-electron chi connectivity index (χ2n) is 5.32. The molecule has 4 heteroatoms. The van der Waals surface area contributed by atoms with E-state index in [0.29, 0.717) is 25.5 Å². The zero-order chi connectivity index (χ0) is 13.7. The molecular formula is C15H23NO3. The maximum absolute atomic E-state index is 12.4. The van der Waals surface area contributed by atoms with Gasteiger partial charge in [-0.15, -0.1) is 0 Å². The van der Waals surface area contributed by atoms with Crippen molar-refractivity contribution in [3.8, 4) is 0 Å². The summed E-state index contributed by atoms with van der Waals surface area (Å²) in [4.78, 5) is 26.0. The third kappa shape index (κ3) is 3.58. The lowest BCUT2D eigenvalue weighted by Crippen LogP contribution is -2.49. The number of amides is 1. The number of hydrogen-bond acceptors (Lipinski definition) is 3. The maximum Gasteiger partial charge on any atom is 0.328 e. The minimum absolute atomic E-state index is 0.106. The maximum atomic E-state index is 12.4. The summed E-state index contributed by atoms with van der Waals surface area (Å²) in [7, 11) is 0. The van der Waals surface area contributed by atoms with Crippen LogP contribution in [0.15, 0.2) is 12.2 Å².